The molecular weight excluding hydrogens is 244 g/mol. The normalized spacial score (nSPS) is 25.7. The van der Waals surface area contributed by atoms with Crippen LogP contribution in [-0.2, 0) is 4.79 Å². The average molecular weight is 256 g/mol. The molecular formula is C15H12O2S. The monoisotopic (exact) mass is 256 g/mol. The molecule has 90 valence electrons. The minimum Gasteiger partial charge on any atom is -0.303 e. The molecule has 1 aromatic carbocycles. The van der Waals surface area contributed by atoms with E-state index in [4.69, 9.17) is 0 Å². The Hall–Kier alpha value is -1.74. The van der Waals surface area contributed by atoms with Crippen molar-refractivity contribution in [3.05, 3.63) is 58.3 Å². The van der Waals surface area contributed by atoms with Gasteiger partial charge in [0.05, 0.1) is 0 Å². The Kier molecular flexibility index (Phi) is 2.84. The molecule has 0 bridgehead atoms. The lowest BCUT2D eigenvalue weighted by Gasteiger charge is -1.98. The van der Waals surface area contributed by atoms with Crippen LogP contribution in [-0.4, -0.2) is 12.1 Å². The van der Waals surface area contributed by atoms with Crippen molar-refractivity contribution < 1.29 is 9.59 Å². The van der Waals surface area contributed by atoms with Crippen LogP contribution < -0.4 is 0 Å². The van der Waals surface area contributed by atoms with Crippen molar-refractivity contribution >= 4 is 23.4 Å². The lowest BCUT2D eigenvalue weighted by Crippen LogP contribution is -2.04. The van der Waals surface area contributed by atoms with Crippen molar-refractivity contribution in [1.29, 1.82) is 0 Å². The van der Waals surface area contributed by atoms with Crippen LogP contribution in [0.5, 0.6) is 0 Å². The number of Topliss-reactive ketones (excluding diaryl/α,β-unsaturated/α-hetero) is 1. The van der Waals surface area contributed by atoms with Crippen molar-refractivity contribution in [3.8, 4) is 0 Å². The van der Waals surface area contributed by atoms with Crippen LogP contribution in [0.15, 0.2) is 47.8 Å². The number of hydrogen-bond acceptors (Lipinski definition) is 3. The molecule has 1 saturated carbocycles. The van der Waals surface area contributed by atoms with E-state index in [9.17, 15) is 9.59 Å². The molecule has 18 heavy (non-hydrogen) atoms. The van der Waals surface area contributed by atoms with Crippen LogP contribution in [0.1, 0.15) is 21.2 Å². The summed E-state index contributed by atoms with van der Waals surface area (Å²) in [6.45, 7) is 0. The van der Waals surface area contributed by atoms with E-state index in [2.05, 4.69) is 0 Å². The smallest absolute Gasteiger partial charge is 0.167 e. The molecule has 3 atom stereocenters. The fourth-order valence-electron chi connectivity index (χ4n) is 2.48. The zero-order valence-corrected chi connectivity index (χ0v) is 10.5. The van der Waals surface area contributed by atoms with Gasteiger partial charge in [0.2, 0.25) is 0 Å². The van der Waals surface area contributed by atoms with E-state index >= 15 is 0 Å². The summed E-state index contributed by atoms with van der Waals surface area (Å²) in [6.07, 6.45) is 0.926. The van der Waals surface area contributed by atoms with E-state index in [0.717, 1.165) is 11.2 Å². The molecule has 0 amide bonds. The lowest BCUT2D eigenvalue weighted by molar-refractivity contribution is -0.109. The van der Waals surface area contributed by atoms with Gasteiger partial charge in [-0.15, -0.1) is 11.3 Å². The molecule has 0 spiro atoms. The van der Waals surface area contributed by atoms with Gasteiger partial charge >= 0.3 is 0 Å². The molecule has 0 unspecified atom stereocenters. The van der Waals surface area contributed by atoms with Gasteiger partial charge in [0, 0.05) is 28.2 Å². The molecule has 3 rings (SSSR count). The minimum absolute atomic E-state index is 0.0890. The molecule has 1 aromatic heterocycles. The summed E-state index contributed by atoms with van der Waals surface area (Å²) >= 11 is 1.62. The van der Waals surface area contributed by atoms with Crippen LogP contribution in [0.3, 0.4) is 0 Å². The number of carbonyl (C=O) groups is 2. The van der Waals surface area contributed by atoms with E-state index in [-0.39, 0.29) is 23.5 Å². The van der Waals surface area contributed by atoms with Crippen LogP contribution in [0, 0.1) is 11.8 Å². The Bertz CT molecular complexity index is 559. The van der Waals surface area contributed by atoms with Gasteiger partial charge in [-0.1, -0.05) is 36.4 Å². The summed E-state index contributed by atoms with van der Waals surface area (Å²) in [5.41, 5.74) is 0.702. The van der Waals surface area contributed by atoms with E-state index in [1.807, 2.05) is 47.8 Å². The fraction of sp³-hybridized carbons (Fsp3) is 0.200. The maximum atomic E-state index is 12.3. The highest BCUT2D eigenvalue weighted by Gasteiger charge is 2.55. The summed E-state index contributed by atoms with van der Waals surface area (Å²) in [5, 5.41) is 1.99. The quantitative estimate of drug-likeness (QED) is 0.622. The van der Waals surface area contributed by atoms with Gasteiger partial charge in [-0.3, -0.25) is 4.79 Å². The highest BCUT2D eigenvalue weighted by atomic mass is 32.1. The maximum Gasteiger partial charge on any atom is 0.167 e. The Labute approximate surface area is 109 Å². The van der Waals surface area contributed by atoms with E-state index < -0.39 is 0 Å². The summed E-state index contributed by atoms with van der Waals surface area (Å²) in [4.78, 5) is 24.5. The van der Waals surface area contributed by atoms with Crippen molar-refractivity contribution in [2.24, 2.45) is 11.8 Å². The third kappa shape index (κ3) is 1.81. The molecule has 0 N–H and O–H groups in total. The van der Waals surface area contributed by atoms with Crippen molar-refractivity contribution in [2.75, 3.05) is 0 Å². The first-order valence-corrected chi connectivity index (χ1v) is 6.79. The Morgan fingerprint density at radius 1 is 1.11 bits per heavy atom. The second kappa shape index (κ2) is 4.50. The molecule has 3 heteroatoms. The number of thiophene rings is 1. The first-order chi connectivity index (χ1) is 8.83. The molecule has 0 radical (unpaired) electrons. The molecule has 1 heterocycles. The van der Waals surface area contributed by atoms with Gasteiger partial charge in [0.1, 0.15) is 6.29 Å². The highest BCUT2D eigenvalue weighted by Crippen LogP contribution is 2.55. The first-order valence-electron chi connectivity index (χ1n) is 5.91. The standard InChI is InChI=1S/C15H12O2S/c16-9-11-13(12-7-4-8-18-12)14(11)15(17)10-5-2-1-3-6-10/h1-9,11,13-14H/t11-,13+,14-/m1/s1. The van der Waals surface area contributed by atoms with Gasteiger partial charge in [-0.25, -0.2) is 0 Å². The zero-order chi connectivity index (χ0) is 12.5. The number of hydrogen-bond donors (Lipinski definition) is 0. The fourth-order valence-corrected chi connectivity index (χ4v) is 3.42. The summed E-state index contributed by atoms with van der Waals surface area (Å²) in [7, 11) is 0. The second-order valence-electron chi connectivity index (χ2n) is 4.51. The van der Waals surface area contributed by atoms with Gasteiger partial charge < -0.3 is 4.79 Å². The molecule has 0 aliphatic heterocycles. The number of rotatable bonds is 4. The van der Waals surface area contributed by atoms with Crippen LogP contribution in [0.25, 0.3) is 0 Å². The third-order valence-electron chi connectivity index (χ3n) is 3.47. The minimum atomic E-state index is -0.163. The zero-order valence-electron chi connectivity index (χ0n) is 9.65. The second-order valence-corrected chi connectivity index (χ2v) is 5.49. The molecule has 2 aromatic rings. The van der Waals surface area contributed by atoms with Gasteiger partial charge in [0.15, 0.2) is 5.78 Å². The summed E-state index contributed by atoms with van der Waals surface area (Å²) in [6, 6.07) is 13.2. The topological polar surface area (TPSA) is 34.1 Å². The maximum absolute atomic E-state index is 12.3. The molecule has 1 fully saturated rings. The molecule has 1 aliphatic carbocycles. The van der Waals surface area contributed by atoms with E-state index in [0.29, 0.717) is 5.56 Å². The van der Waals surface area contributed by atoms with E-state index in [1.54, 1.807) is 11.3 Å². The average Bonchev–Trinajstić information content (AvgIpc) is 2.90. The van der Waals surface area contributed by atoms with Gasteiger partial charge in [-0.05, 0) is 11.4 Å². The number of carbonyl (C=O) groups excluding carboxylic acids is 2. The van der Waals surface area contributed by atoms with Crippen LogP contribution in [0.4, 0.5) is 0 Å². The predicted octanol–water partition coefficient (Wildman–Crippen LogP) is 3.16. The number of ketones is 1. The van der Waals surface area contributed by atoms with E-state index in [1.165, 1.54) is 0 Å². The van der Waals surface area contributed by atoms with Crippen molar-refractivity contribution in [2.45, 2.75) is 5.92 Å². The van der Waals surface area contributed by atoms with Gasteiger partial charge in [-0.2, -0.15) is 0 Å². The number of benzene rings is 1. The number of aldehydes is 1. The predicted molar refractivity (Wildman–Crippen MR) is 70.9 cm³/mol. The molecule has 0 saturated heterocycles. The SMILES string of the molecule is O=C[C@H]1[C@@H](C(=O)c2ccccc2)[C@@H]1c1cccs1. The highest BCUT2D eigenvalue weighted by molar-refractivity contribution is 7.10. The van der Waals surface area contributed by atoms with Crippen molar-refractivity contribution in [1.82, 2.24) is 0 Å². The summed E-state index contributed by atoms with van der Waals surface area (Å²) < 4.78 is 0. The Morgan fingerprint density at radius 2 is 1.89 bits per heavy atom. The Morgan fingerprint density at radius 3 is 2.50 bits per heavy atom. The van der Waals surface area contributed by atoms with Crippen LogP contribution >= 0.6 is 11.3 Å². The first kappa shape index (κ1) is 11.4. The molecule has 2 nitrogen and oxygen atoms in total. The lowest BCUT2D eigenvalue weighted by atomic mass is 10.1. The van der Waals surface area contributed by atoms with Gasteiger partial charge in [0.25, 0.3) is 0 Å². The largest absolute Gasteiger partial charge is 0.303 e. The van der Waals surface area contributed by atoms with Crippen LogP contribution in [0.2, 0.25) is 0 Å². The van der Waals surface area contributed by atoms with Crippen molar-refractivity contribution in [3.63, 3.8) is 0 Å². The Balaban J connectivity index is 1.85. The third-order valence-corrected chi connectivity index (χ3v) is 4.44. The molecule has 1 aliphatic rings. The summed E-state index contributed by atoms with van der Waals surface area (Å²) in [5.74, 6) is -0.124.